The van der Waals surface area contributed by atoms with E-state index in [1.165, 1.54) is 5.12 Å². The Morgan fingerprint density at radius 1 is 1.83 bits per heavy atom. The summed E-state index contributed by atoms with van der Waals surface area (Å²) in [5.41, 5.74) is 2.43. The van der Waals surface area contributed by atoms with Gasteiger partial charge in [0.15, 0.2) is 0 Å². The molecule has 0 saturated carbocycles. The van der Waals surface area contributed by atoms with Crippen LogP contribution in [0.3, 0.4) is 0 Å². The SMILES string of the molecule is NN1CCON1. The first-order chi connectivity index (χ1) is 2.89. The van der Waals surface area contributed by atoms with Crippen LogP contribution in [0.15, 0.2) is 0 Å². The average molecular weight is 89.1 g/mol. The van der Waals surface area contributed by atoms with Crippen molar-refractivity contribution in [2.45, 2.75) is 0 Å². The fourth-order valence-corrected chi connectivity index (χ4v) is 0.318. The van der Waals surface area contributed by atoms with Crippen LogP contribution in [-0.2, 0) is 4.84 Å². The fourth-order valence-electron chi connectivity index (χ4n) is 0.318. The fraction of sp³-hybridized carbons (Fsp3) is 1.00. The van der Waals surface area contributed by atoms with Gasteiger partial charge >= 0.3 is 0 Å². The van der Waals surface area contributed by atoms with Gasteiger partial charge in [0, 0.05) is 0 Å². The van der Waals surface area contributed by atoms with E-state index in [9.17, 15) is 0 Å². The second-order valence-electron chi connectivity index (χ2n) is 1.13. The molecule has 36 valence electrons. The summed E-state index contributed by atoms with van der Waals surface area (Å²) >= 11 is 0. The third-order valence-electron chi connectivity index (χ3n) is 0.616. The lowest BCUT2D eigenvalue weighted by molar-refractivity contribution is 0.0116. The van der Waals surface area contributed by atoms with Crippen LogP contribution in [0.1, 0.15) is 0 Å². The average Bonchev–Trinajstić information content (AvgIpc) is 1.86. The third kappa shape index (κ3) is 0.662. The second kappa shape index (κ2) is 1.53. The summed E-state index contributed by atoms with van der Waals surface area (Å²) in [5, 5.41) is 1.39. The van der Waals surface area contributed by atoms with Gasteiger partial charge in [0.1, 0.15) is 0 Å². The zero-order chi connectivity index (χ0) is 4.41. The molecule has 3 N–H and O–H groups in total. The molecular formula is C2H7N3O. The molecule has 0 aliphatic carbocycles. The van der Waals surface area contributed by atoms with E-state index in [1.807, 2.05) is 0 Å². The number of hydrazine groups is 2. The Morgan fingerprint density at radius 2 is 2.67 bits per heavy atom. The lowest BCUT2D eigenvalue weighted by Gasteiger charge is -1.99. The molecule has 0 aromatic heterocycles. The lowest BCUT2D eigenvalue weighted by Crippen LogP contribution is -2.36. The number of nitrogens with zero attached hydrogens (tertiary/aromatic N) is 1. The minimum atomic E-state index is 0.677. The van der Waals surface area contributed by atoms with Crippen molar-refractivity contribution in [3.05, 3.63) is 0 Å². The van der Waals surface area contributed by atoms with Crippen molar-refractivity contribution in [2.75, 3.05) is 13.2 Å². The third-order valence-corrected chi connectivity index (χ3v) is 0.616. The molecule has 4 heteroatoms. The molecule has 0 bridgehead atoms. The van der Waals surface area contributed by atoms with Crippen molar-refractivity contribution in [3.8, 4) is 0 Å². The Bertz CT molecular complexity index is 42.1. The van der Waals surface area contributed by atoms with Crippen LogP contribution in [0.4, 0.5) is 0 Å². The molecular weight excluding hydrogens is 82.0 g/mol. The maximum Gasteiger partial charge on any atom is 0.0855 e. The van der Waals surface area contributed by atoms with E-state index in [2.05, 4.69) is 10.4 Å². The summed E-state index contributed by atoms with van der Waals surface area (Å²) in [4.78, 5) is 4.61. The molecule has 6 heavy (non-hydrogen) atoms. The molecule has 1 fully saturated rings. The van der Waals surface area contributed by atoms with Crippen molar-refractivity contribution in [3.63, 3.8) is 0 Å². The highest BCUT2D eigenvalue weighted by Crippen LogP contribution is 1.79. The number of nitrogens with two attached hydrogens (primary N) is 1. The van der Waals surface area contributed by atoms with E-state index < -0.39 is 0 Å². The molecule has 1 saturated heterocycles. The molecule has 0 aromatic carbocycles. The maximum absolute atomic E-state index is 5.13. The normalized spacial score (nSPS) is 25.5. The standard InChI is InChI=1S/C2H7N3O/c3-5-1-2-6-4-5/h4H,1-3H2. The molecule has 1 heterocycles. The van der Waals surface area contributed by atoms with Crippen molar-refractivity contribution >= 4 is 0 Å². The van der Waals surface area contributed by atoms with Gasteiger partial charge in [0.2, 0.25) is 0 Å². The topological polar surface area (TPSA) is 50.5 Å². The smallest absolute Gasteiger partial charge is 0.0855 e. The zero-order valence-corrected chi connectivity index (χ0v) is 3.35. The predicted molar refractivity (Wildman–Crippen MR) is 20.0 cm³/mol. The van der Waals surface area contributed by atoms with Gasteiger partial charge in [-0.2, -0.15) is 5.12 Å². The van der Waals surface area contributed by atoms with E-state index >= 15 is 0 Å². The van der Waals surface area contributed by atoms with E-state index in [0.29, 0.717) is 6.61 Å². The summed E-state index contributed by atoms with van der Waals surface area (Å²) < 4.78 is 0. The van der Waals surface area contributed by atoms with E-state index in [1.54, 1.807) is 0 Å². The Hall–Kier alpha value is -0.160. The lowest BCUT2D eigenvalue weighted by atomic mass is 10.7. The van der Waals surface area contributed by atoms with Gasteiger partial charge in [-0.15, -0.1) is 5.59 Å². The Balaban J connectivity index is 2.18. The number of hydrogen-bond donors (Lipinski definition) is 2. The van der Waals surface area contributed by atoms with E-state index in [0.717, 1.165) is 6.54 Å². The highest BCUT2D eigenvalue weighted by Gasteiger charge is 2.03. The second-order valence-corrected chi connectivity index (χ2v) is 1.13. The van der Waals surface area contributed by atoms with Crippen molar-refractivity contribution < 1.29 is 4.84 Å². The first-order valence-electron chi connectivity index (χ1n) is 1.79. The summed E-state index contributed by atoms with van der Waals surface area (Å²) in [7, 11) is 0. The highest BCUT2D eigenvalue weighted by atomic mass is 16.7. The van der Waals surface area contributed by atoms with Gasteiger partial charge in [-0.1, -0.05) is 0 Å². The molecule has 0 aromatic rings. The number of rotatable bonds is 0. The minimum absolute atomic E-state index is 0.677. The van der Waals surface area contributed by atoms with Crippen molar-refractivity contribution in [1.29, 1.82) is 0 Å². The Labute approximate surface area is 35.8 Å². The summed E-state index contributed by atoms with van der Waals surface area (Å²) in [6.45, 7) is 1.44. The summed E-state index contributed by atoms with van der Waals surface area (Å²) in [5.74, 6) is 5.13. The molecule has 0 radical (unpaired) electrons. The number of nitrogens with one attached hydrogen (secondary N) is 1. The molecule has 0 atom stereocenters. The molecule has 4 nitrogen and oxygen atoms in total. The quantitative estimate of drug-likeness (QED) is 0.359. The summed E-state index contributed by atoms with van der Waals surface area (Å²) in [6.07, 6.45) is 0. The molecule has 1 aliphatic heterocycles. The minimum Gasteiger partial charge on any atom is -0.284 e. The van der Waals surface area contributed by atoms with Crippen LogP contribution in [0, 0.1) is 0 Å². The van der Waals surface area contributed by atoms with Crippen LogP contribution in [0.2, 0.25) is 0 Å². The van der Waals surface area contributed by atoms with Gasteiger partial charge in [-0.25, -0.2) is 0 Å². The van der Waals surface area contributed by atoms with Gasteiger partial charge in [0.05, 0.1) is 13.2 Å². The van der Waals surface area contributed by atoms with Gasteiger partial charge in [-0.05, 0) is 0 Å². The van der Waals surface area contributed by atoms with E-state index in [4.69, 9.17) is 5.84 Å². The Morgan fingerprint density at radius 3 is 2.83 bits per heavy atom. The highest BCUT2D eigenvalue weighted by molar-refractivity contribution is 4.38. The monoisotopic (exact) mass is 89.1 g/mol. The Kier molecular flexibility index (Phi) is 1.02. The van der Waals surface area contributed by atoms with Crippen LogP contribution < -0.4 is 11.4 Å². The van der Waals surface area contributed by atoms with Gasteiger partial charge in [-0.3, -0.25) is 10.7 Å². The van der Waals surface area contributed by atoms with Crippen molar-refractivity contribution in [2.24, 2.45) is 5.84 Å². The maximum atomic E-state index is 5.13. The van der Waals surface area contributed by atoms with Crippen molar-refractivity contribution in [1.82, 2.24) is 10.7 Å². The molecule has 0 unspecified atom stereocenters. The molecule has 0 spiro atoms. The van der Waals surface area contributed by atoms with E-state index in [-0.39, 0.29) is 0 Å². The van der Waals surface area contributed by atoms with Crippen LogP contribution >= 0.6 is 0 Å². The first kappa shape index (κ1) is 4.01. The largest absolute Gasteiger partial charge is 0.284 e. The molecule has 1 rings (SSSR count). The predicted octanol–water partition coefficient (Wildman–Crippen LogP) is -1.39. The first-order valence-corrected chi connectivity index (χ1v) is 1.79. The van der Waals surface area contributed by atoms with Gasteiger partial charge < -0.3 is 0 Å². The molecule has 1 aliphatic rings. The number of hydrogen-bond acceptors (Lipinski definition) is 4. The van der Waals surface area contributed by atoms with Crippen LogP contribution in [-0.4, -0.2) is 18.3 Å². The summed E-state index contributed by atoms with van der Waals surface area (Å²) in [6, 6.07) is 0. The van der Waals surface area contributed by atoms with Crippen LogP contribution in [0.5, 0.6) is 0 Å². The van der Waals surface area contributed by atoms with Gasteiger partial charge in [0.25, 0.3) is 0 Å². The zero-order valence-electron chi connectivity index (χ0n) is 3.35. The molecule has 0 amide bonds. The van der Waals surface area contributed by atoms with Crippen LogP contribution in [0.25, 0.3) is 0 Å².